The molecule has 0 radical (unpaired) electrons. The number of hydrogen-bond donors (Lipinski definition) is 2. The number of benzene rings is 1. The van der Waals surface area contributed by atoms with Crippen LogP contribution in [-0.2, 0) is 0 Å². The first kappa shape index (κ1) is 9.86. The molecule has 0 saturated carbocycles. The van der Waals surface area contributed by atoms with E-state index in [1.54, 1.807) is 0 Å². The van der Waals surface area contributed by atoms with E-state index in [0.29, 0.717) is 12.6 Å². The van der Waals surface area contributed by atoms with Crippen LogP contribution in [0.4, 0.5) is 11.4 Å². The van der Waals surface area contributed by atoms with Crippen molar-refractivity contribution in [2.45, 2.75) is 13.0 Å². The largest absolute Gasteiger partial charge is 0.397 e. The summed E-state index contributed by atoms with van der Waals surface area (Å²) in [6, 6.07) is 8.12. The predicted octanol–water partition coefficient (Wildman–Crippen LogP) is 1.05. The van der Waals surface area contributed by atoms with Crippen LogP contribution in [-0.4, -0.2) is 19.6 Å². The maximum atomic E-state index is 5.83. The summed E-state index contributed by atoms with van der Waals surface area (Å²) >= 11 is 0. The van der Waals surface area contributed by atoms with E-state index in [0.717, 1.165) is 11.4 Å². The molecular weight excluding hydrogens is 162 g/mol. The molecule has 1 aromatic rings. The Hall–Kier alpha value is -1.22. The molecule has 0 bridgehead atoms. The van der Waals surface area contributed by atoms with Gasteiger partial charge in [0.05, 0.1) is 11.4 Å². The highest BCUT2D eigenvalue weighted by Gasteiger charge is 2.09. The third-order valence-corrected chi connectivity index (χ3v) is 2.32. The summed E-state index contributed by atoms with van der Waals surface area (Å²) in [5.41, 5.74) is 13.2. The molecule has 0 fully saturated rings. The van der Waals surface area contributed by atoms with Crippen molar-refractivity contribution >= 4 is 11.4 Å². The predicted molar refractivity (Wildman–Crippen MR) is 57.8 cm³/mol. The van der Waals surface area contributed by atoms with Gasteiger partial charge < -0.3 is 16.4 Å². The highest BCUT2D eigenvalue weighted by Crippen LogP contribution is 2.22. The van der Waals surface area contributed by atoms with Gasteiger partial charge in [0.15, 0.2) is 0 Å². The van der Waals surface area contributed by atoms with Crippen molar-refractivity contribution in [2.75, 3.05) is 24.2 Å². The quantitative estimate of drug-likeness (QED) is 0.682. The molecule has 0 amide bonds. The van der Waals surface area contributed by atoms with E-state index in [9.17, 15) is 0 Å². The summed E-state index contributed by atoms with van der Waals surface area (Å²) in [6.07, 6.45) is 0. The Morgan fingerprint density at radius 2 is 2.00 bits per heavy atom. The van der Waals surface area contributed by atoms with Crippen LogP contribution in [0.1, 0.15) is 6.92 Å². The summed E-state index contributed by atoms with van der Waals surface area (Å²) < 4.78 is 0. The van der Waals surface area contributed by atoms with Crippen molar-refractivity contribution in [2.24, 2.45) is 5.73 Å². The van der Waals surface area contributed by atoms with Gasteiger partial charge in [0.2, 0.25) is 0 Å². The van der Waals surface area contributed by atoms with Crippen LogP contribution in [0.15, 0.2) is 24.3 Å². The number of nitrogens with two attached hydrogens (primary N) is 2. The number of nitrogen functional groups attached to an aromatic ring is 1. The number of rotatable bonds is 3. The lowest BCUT2D eigenvalue weighted by atomic mass is 10.2. The van der Waals surface area contributed by atoms with E-state index in [1.165, 1.54) is 0 Å². The molecule has 1 atom stereocenters. The lowest BCUT2D eigenvalue weighted by Crippen LogP contribution is -2.35. The maximum absolute atomic E-state index is 5.83. The van der Waals surface area contributed by atoms with Gasteiger partial charge in [-0.05, 0) is 19.1 Å². The van der Waals surface area contributed by atoms with Gasteiger partial charge in [0.1, 0.15) is 0 Å². The smallest absolute Gasteiger partial charge is 0.0600 e. The third-order valence-electron chi connectivity index (χ3n) is 2.32. The summed E-state index contributed by atoms with van der Waals surface area (Å²) in [5.74, 6) is 0. The third kappa shape index (κ3) is 2.12. The van der Waals surface area contributed by atoms with Crippen molar-refractivity contribution < 1.29 is 0 Å². The standard InChI is InChI=1S/C10H17N3/c1-8(7-11)13(2)10-6-4-3-5-9(10)12/h3-6,8H,7,11-12H2,1-2H3. The van der Waals surface area contributed by atoms with Crippen molar-refractivity contribution in [1.29, 1.82) is 0 Å². The second kappa shape index (κ2) is 4.14. The average molecular weight is 179 g/mol. The highest BCUT2D eigenvalue weighted by atomic mass is 15.1. The first-order valence-corrected chi connectivity index (χ1v) is 4.44. The van der Waals surface area contributed by atoms with Gasteiger partial charge in [-0.1, -0.05) is 12.1 Å². The molecule has 3 nitrogen and oxygen atoms in total. The van der Waals surface area contributed by atoms with E-state index in [4.69, 9.17) is 11.5 Å². The first-order valence-electron chi connectivity index (χ1n) is 4.44. The van der Waals surface area contributed by atoms with Crippen molar-refractivity contribution in [3.05, 3.63) is 24.3 Å². The van der Waals surface area contributed by atoms with Crippen LogP contribution in [0, 0.1) is 0 Å². The van der Waals surface area contributed by atoms with E-state index in [1.807, 2.05) is 31.3 Å². The van der Waals surface area contributed by atoms with Crippen molar-refractivity contribution in [1.82, 2.24) is 0 Å². The summed E-state index contributed by atoms with van der Waals surface area (Å²) in [7, 11) is 2.00. The Morgan fingerprint density at radius 3 is 2.54 bits per heavy atom. The van der Waals surface area contributed by atoms with Gasteiger partial charge in [0.25, 0.3) is 0 Å². The fourth-order valence-corrected chi connectivity index (χ4v) is 1.20. The van der Waals surface area contributed by atoms with Gasteiger partial charge in [-0.15, -0.1) is 0 Å². The van der Waals surface area contributed by atoms with Gasteiger partial charge in [0, 0.05) is 19.6 Å². The average Bonchev–Trinajstić information content (AvgIpc) is 2.16. The number of para-hydroxylation sites is 2. The zero-order chi connectivity index (χ0) is 9.84. The second-order valence-corrected chi connectivity index (χ2v) is 3.25. The molecule has 13 heavy (non-hydrogen) atoms. The molecule has 0 aliphatic heterocycles. The number of nitrogens with zero attached hydrogens (tertiary/aromatic N) is 1. The molecule has 0 aromatic heterocycles. The SMILES string of the molecule is CC(CN)N(C)c1ccccc1N. The molecule has 0 heterocycles. The minimum Gasteiger partial charge on any atom is -0.397 e. The minimum atomic E-state index is 0.310. The number of hydrogen-bond acceptors (Lipinski definition) is 3. The Kier molecular flexibility index (Phi) is 3.14. The Balaban J connectivity index is 2.88. The maximum Gasteiger partial charge on any atom is 0.0600 e. The Labute approximate surface area is 79.3 Å². The first-order chi connectivity index (χ1) is 6.16. The lowest BCUT2D eigenvalue weighted by molar-refractivity contribution is 0.696. The molecule has 4 N–H and O–H groups in total. The molecule has 0 spiro atoms. The van der Waals surface area contributed by atoms with E-state index >= 15 is 0 Å². The molecule has 1 aromatic carbocycles. The van der Waals surface area contributed by atoms with E-state index in [-0.39, 0.29) is 0 Å². The molecule has 1 rings (SSSR count). The van der Waals surface area contributed by atoms with E-state index in [2.05, 4.69) is 11.8 Å². The van der Waals surface area contributed by atoms with Gasteiger partial charge >= 0.3 is 0 Å². The van der Waals surface area contributed by atoms with Crippen LogP contribution in [0.25, 0.3) is 0 Å². The highest BCUT2D eigenvalue weighted by molar-refractivity contribution is 5.67. The molecule has 3 heteroatoms. The number of likely N-dealkylation sites (N-methyl/N-ethyl adjacent to an activating group) is 1. The molecule has 72 valence electrons. The fourth-order valence-electron chi connectivity index (χ4n) is 1.20. The zero-order valence-electron chi connectivity index (χ0n) is 8.20. The lowest BCUT2D eigenvalue weighted by Gasteiger charge is -2.26. The second-order valence-electron chi connectivity index (χ2n) is 3.25. The molecule has 0 aliphatic carbocycles. The Bertz CT molecular complexity index is 273. The fraction of sp³-hybridized carbons (Fsp3) is 0.400. The molecular formula is C10H17N3. The summed E-state index contributed by atoms with van der Waals surface area (Å²) in [4.78, 5) is 2.09. The Morgan fingerprint density at radius 1 is 1.38 bits per heavy atom. The van der Waals surface area contributed by atoms with Gasteiger partial charge in [-0.2, -0.15) is 0 Å². The van der Waals surface area contributed by atoms with Gasteiger partial charge in [-0.25, -0.2) is 0 Å². The summed E-state index contributed by atoms with van der Waals surface area (Å²) in [6.45, 7) is 2.71. The molecule has 0 aliphatic rings. The normalized spacial score (nSPS) is 12.5. The van der Waals surface area contributed by atoms with Crippen molar-refractivity contribution in [3.63, 3.8) is 0 Å². The minimum absolute atomic E-state index is 0.310. The van der Waals surface area contributed by atoms with Crippen LogP contribution in [0.3, 0.4) is 0 Å². The molecule has 0 saturated heterocycles. The van der Waals surface area contributed by atoms with Gasteiger partial charge in [-0.3, -0.25) is 0 Å². The van der Waals surface area contributed by atoms with E-state index < -0.39 is 0 Å². The van der Waals surface area contributed by atoms with Crippen LogP contribution < -0.4 is 16.4 Å². The van der Waals surface area contributed by atoms with Crippen LogP contribution >= 0.6 is 0 Å². The monoisotopic (exact) mass is 179 g/mol. The zero-order valence-corrected chi connectivity index (χ0v) is 8.20. The molecule has 1 unspecified atom stereocenters. The van der Waals surface area contributed by atoms with Crippen LogP contribution in [0.2, 0.25) is 0 Å². The summed E-state index contributed by atoms with van der Waals surface area (Å²) in [5, 5.41) is 0. The topological polar surface area (TPSA) is 55.3 Å². The van der Waals surface area contributed by atoms with Crippen LogP contribution in [0.5, 0.6) is 0 Å². The number of anilines is 2. The van der Waals surface area contributed by atoms with Crippen molar-refractivity contribution in [3.8, 4) is 0 Å².